The van der Waals surface area contributed by atoms with Crippen LogP contribution in [-0.4, -0.2) is 16.9 Å². The number of ether oxygens (including phenoxy) is 2. The summed E-state index contributed by atoms with van der Waals surface area (Å²) in [6.07, 6.45) is 9.41. The van der Waals surface area contributed by atoms with Crippen molar-refractivity contribution < 1.29 is 9.47 Å². The molecule has 0 unspecified atom stereocenters. The average molecular weight is 346 g/mol. The number of hydrogen-bond acceptors (Lipinski definition) is 3. The summed E-state index contributed by atoms with van der Waals surface area (Å²) in [6, 6.07) is 6.47. The summed E-state index contributed by atoms with van der Waals surface area (Å²) in [7, 11) is 0. The van der Waals surface area contributed by atoms with Crippen molar-refractivity contribution in [2.24, 2.45) is 5.92 Å². The summed E-state index contributed by atoms with van der Waals surface area (Å²) in [6.45, 7) is 2.31. The molecule has 0 aromatic heterocycles. The molecule has 24 heavy (non-hydrogen) atoms. The predicted molar refractivity (Wildman–Crippen MR) is 99.7 cm³/mol. The van der Waals surface area contributed by atoms with Crippen molar-refractivity contribution in [1.29, 1.82) is 0 Å². The summed E-state index contributed by atoms with van der Waals surface area (Å²) in [5, 5.41) is 7.48. The zero-order chi connectivity index (χ0) is 16.6. The number of hydrogen-bond donors (Lipinski definition) is 2. The Morgan fingerprint density at radius 3 is 2.62 bits per heavy atom. The largest absolute Gasteiger partial charge is 0.448 e. The minimum atomic E-state index is -0.406. The van der Waals surface area contributed by atoms with E-state index in [1.165, 1.54) is 38.5 Å². The molecule has 130 valence electrons. The van der Waals surface area contributed by atoms with E-state index < -0.39 is 5.79 Å². The lowest BCUT2D eigenvalue weighted by Gasteiger charge is -2.30. The Balaban J connectivity index is 1.38. The minimum absolute atomic E-state index is 0.406. The van der Waals surface area contributed by atoms with Crippen LogP contribution >= 0.6 is 12.2 Å². The summed E-state index contributed by atoms with van der Waals surface area (Å²) in [5.41, 5.74) is 0.952. The molecule has 2 N–H and O–H groups in total. The molecule has 1 spiro atoms. The quantitative estimate of drug-likeness (QED) is 0.767. The molecule has 2 atom stereocenters. The Hall–Kier alpha value is -1.49. The van der Waals surface area contributed by atoms with Gasteiger partial charge < -0.3 is 20.1 Å². The lowest BCUT2D eigenvalue weighted by molar-refractivity contribution is -0.0716. The van der Waals surface area contributed by atoms with Gasteiger partial charge in [-0.2, -0.15) is 0 Å². The van der Waals surface area contributed by atoms with Crippen molar-refractivity contribution in [3.05, 3.63) is 18.2 Å². The summed E-state index contributed by atoms with van der Waals surface area (Å²) in [4.78, 5) is 0. The van der Waals surface area contributed by atoms with Gasteiger partial charge >= 0.3 is 0 Å². The van der Waals surface area contributed by atoms with E-state index in [9.17, 15) is 0 Å². The SMILES string of the molecule is C[C@H]1CCCC[C@H]1NC(=S)Nc1ccc2c(c1)OC1(CCCC1)O2. The summed E-state index contributed by atoms with van der Waals surface area (Å²) >= 11 is 5.50. The van der Waals surface area contributed by atoms with E-state index in [1.807, 2.05) is 18.2 Å². The summed E-state index contributed by atoms with van der Waals surface area (Å²) in [5.74, 6) is 1.95. The van der Waals surface area contributed by atoms with Gasteiger partial charge in [0.25, 0.3) is 5.79 Å². The molecule has 4 rings (SSSR count). The number of nitrogens with one attached hydrogen (secondary N) is 2. The van der Waals surface area contributed by atoms with E-state index in [1.54, 1.807) is 0 Å². The highest BCUT2D eigenvalue weighted by atomic mass is 32.1. The van der Waals surface area contributed by atoms with Crippen molar-refractivity contribution in [1.82, 2.24) is 5.32 Å². The lowest BCUT2D eigenvalue weighted by atomic mass is 9.86. The van der Waals surface area contributed by atoms with E-state index in [2.05, 4.69) is 17.6 Å². The molecule has 5 heteroatoms. The fourth-order valence-electron chi connectivity index (χ4n) is 4.16. The van der Waals surface area contributed by atoms with Crippen LogP contribution in [0.15, 0.2) is 18.2 Å². The highest BCUT2D eigenvalue weighted by Gasteiger charge is 2.44. The van der Waals surface area contributed by atoms with E-state index in [0.717, 1.165) is 30.0 Å². The smallest absolute Gasteiger partial charge is 0.251 e. The second kappa shape index (κ2) is 6.43. The zero-order valence-electron chi connectivity index (χ0n) is 14.3. The molecule has 1 heterocycles. The van der Waals surface area contributed by atoms with E-state index in [4.69, 9.17) is 21.7 Å². The van der Waals surface area contributed by atoms with Gasteiger partial charge in [-0.3, -0.25) is 0 Å². The molecule has 0 radical (unpaired) electrons. The standard InChI is InChI=1S/C19H26N2O2S/c1-13-6-2-3-7-15(13)21-18(24)20-14-8-9-16-17(12-14)23-19(22-16)10-4-5-11-19/h8-9,12-13,15H,2-7,10-11H2,1H3,(H2,20,21,24)/t13-,15+/m0/s1. The molecule has 1 aromatic rings. The number of rotatable bonds is 2. The Labute approximate surface area is 149 Å². The third-order valence-corrected chi connectivity index (χ3v) is 5.81. The maximum Gasteiger partial charge on any atom is 0.251 e. The fourth-order valence-corrected chi connectivity index (χ4v) is 4.42. The van der Waals surface area contributed by atoms with Crippen LogP contribution in [0.5, 0.6) is 11.5 Å². The molecule has 0 bridgehead atoms. The van der Waals surface area contributed by atoms with E-state index in [-0.39, 0.29) is 0 Å². The summed E-state index contributed by atoms with van der Waals surface area (Å²) < 4.78 is 12.2. The van der Waals surface area contributed by atoms with Crippen LogP contribution in [0, 0.1) is 5.92 Å². The van der Waals surface area contributed by atoms with Gasteiger partial charge in [-0.1, -0.05) is 19.8 Å². The van der Waals surface area contributed by atoms with Gasteiger partial charge in [-0.05, 0) is 56.0 Å². The second-order valence-electron chi connectivity index (χ2n) is 7.45. The highest BCUT2D eigenvalue weighted by molar-refractivity contribution is 7.80. The van der Waals surface area contributed by atoms with Crippen molar-refractivity contribution in [3.8, 4) is 11.5 Å². The third kappa shape index (κ3) is 3.18. The number of benzene rings is 1. The van der Waals surface area contributed by atoms with Crippen LogP contribution in [0.4, 0.5) is 5.69 Å². The molecule has 1 aromatic carbocycles. The average Bonchev–Trinajstić information content (AvgIpc) is 3.15. The van der Waals surface area contributed by atoms with Crippen LogP contribution in [0.2, 0.25) is 0 Å². The van der Waals surface area contributed by atoms with Crippen LogP contribution in [0.1, 0.15) is 58.3 Å². The minimum Gasteiger partial charge on any atom is -0.448 e. The van der Waals surface area contributed by atoms with E-state index >= 15 is 0 Å². The first-order valence-corrected chi connectivity index (χ1v) is 9.64. The molecule has 0 saturated heterocycles. The molecule has 2 saturated carbocycles. The number of fused-ring (bicyclic) bond motifs is 1. The van der Waals surface area contributed by atoms with Gasteiger partial charge in [0.05, 0.1) is 0 Å². The molecule has 1 aliphatic heterocycles. The highest BCUT2D eigenvalue weighted by Crippen LogP contribution is 2.47. The first-order valence-electron chi connectivity index (χ1n) is 9.23. The number of thiocarbonyl (C=S) groups is 1. The van der Waals surface area contributed by atoms with Gasteiger partial charge in [0.1, 0.15) is 0 Å². The van der Waals surface area contributed by atoms with Gasteiger partial charge in [0, 0.05) is 30.6 Å². The van der Waals surface area contributed by atoms with E-state index in [0.29, 0.717) is 17.1 Å². The van der Waals surface area contributed by atoms with Crippen molar-refractivity contribution in [2.45, 2.75) is 70.1 Å². The van der Waals surface area contributed by atoms with Gasteiger partial charge in [-0.15, -0.1) is 0 Å². The second-order valence-corrected chi connectivity index (χ2v) is 7.86. The molecular weight excluding hydrogens is 320 g/mol. The molecule has 4 nitrogen and oxygen atoms in total. The predicted octanol–water partition coefficient (Wildman–Crippen LogP) is 4.59. The van der Waals surface area contributed by atoms with Gasteiger partial charge in [-0.25, -0.2) is 0 Å². The monoisotopic (exact) mass is 346 g/mol. The fraction of sp³-hybridized carbons (Fsp3) is 0.632. The van der Waals surface area contributed by atoms with Gasteiger partial charge in [0.2, 0.25) is 0 Å². The zero-order valence-corrected chi connectivity index (χ0v) is 15.1. The first kappa shape index (κ1) is 16.0. The van der Waals surface area contributed by atoms with Crippen molar-refractivity contribution in [3.63, 3.8) is 0 Å². The third-order valence-electron chi connectivity index (χ3n) is 5.59. The van der Waals surface area contributed by atoms with Crippen LogP contribution in [-0.2, 0) is 0 Å². The maximum absolute atomic E-state index is 6.12. The molecule has 2 aliphatic carbocycles. The van der Waals surface area contributed by atoms with Crippen LogP contribution in [0.25, 0.3) is 0 Å². The van der Waals surface area contributed by atoms with Crippen LogP contribution in [0.3, 0.4) is 0 Å². The Morgan fingerprint density at radius 1 is 1.08 bits per heavy atom. The Bertz CT molecular complexity index is 628. The lowest BCUT2D eigenvalue weighted by Crippen LogP contribution is -2.43. The molecule has 2 fully saturated rings. The van der Waals surface area contributed by atoms with Crippen molar-refractivity contribution >= 4 is 23.0 Å². The topological polar surface area (TPSA) is 42.5 Å². The molecule has 3 aliphatic rings. The normalized spacial score (nSPS) is 27.2. The Kier molecular flexibility index (Phi) is 4.29. The number of anilines is 1. The van der Waals surface area contributed by atoms with Gasteiger partial charge in [0.15, 0.2) is 16.6 Å². The molecule has 0 amide bonds. The van der Waals surface area contributed by atoms with Crippen molar-refractivity contribution in [2.75, 3.05) is 5.32 Å². The maximum atomic E-state index is 6.12. The molecular formula is C19H26N2O2S. The Morgan fingerprint density at radius 2 is 1.83 bits per heavy atom. The van der Waals surface area contributed by atoms with Crippen LogP contribution < -0.4 is 20.1 Å². The first-order chi connectivity index (χ1) is 11.6.